The molecule has 2 rings (SSSR count). The van der Waals surface area contributed by atoms with Crippen LogP contribution in [0.15, 0.2) is 36.4 Å². The molecule has 0 aromatic heterocycles. The molecule has 0 fully saturated rings. The Morgan fingerprint density at radius 3 is 1.95 bits per heavy atom. The first-order valence-electron chi connectivity index (χ1n) is 7.12. The van der Waals surface area contributed by atoms with E-state index >= 15 is 0 Å². The van der Waals surface area contributed by atoms with Crippen LogP contribution in [0.3, 0.4) is 0 Å². The van der Waals surface area contributed by atoms with E-state index in [0.29, 0.717) is 5.92 Å². The van der Waals surface area contributed by atoms with Crippen LogP contribution in [0.5, 0.6) is 0 Å². The molecule has 2 aromatic carbocycles. The Morgan fingerprint density at radius 1 is 0.850 bits per heavy atom. The summed E-state index contributed by atoms with van der Waals surface area (Å²) in [5, 5.41) is 0. The number of hydrogen-bond acceptors (Lipinski definition) is 1. The van der Waals surface area contributed by atoms with Crippen molar-refractivity contribution >= 4 is 5.78 Å². The van der Waals surface area contributed by atoms with Gasteiger partial charge in [0.2, 0.25) is 0 Å². The van der Waals surface area contributed by atoms with Gasteiger partial charge < -0.3 is 0 Å². The Hall–Kier alpha value is -1.89. The molecule has 0 saturated carbocycles. The lowest BCUT2D eigenvalue weighted by Gasteiger charge is -2.10. The van der Waals surface area contributed by atoms with Gasteiger partial charge in [-0.05, 0) is 55.0 Å². The minimum Gasteiger partial charge on any atom is -0.289 e. The number of aryl methyl sites for hydroxylation is 3. The highest BCUT2D eigenvalue weighted by Crippen LogP contribution is 2.20. The highest BCUT2D eigenvalue weighted by molar-refractivity contribution is 6.10. The summed E-state index contributed by atoms with van der Waals surface area (Å²) in [7, 11) is 0. The summed E-state index contributed by atoms with van der Waals surface area (Å²) in [5.41, 5.74) is 6.28. The second-order valence-electron chi connectivity index (χ2n) is 5.86. The SMILES string of the molecule is Cc1cc(C)c(C(=O)c2ccc(C(C)C)cc2)cc1C. The van der Waals surface area contributed by atoms with E-state index < -0.39 is 0 Å². The van der Waals surface area contributed by atoms with E-state index in [2.05, 4.69) is 26.8 Å². The molecule has 0 aliphatic heterocycles. The molecule has 0 radical (unpaired) electrons. The lowest BCUT2D eigenvalue weighted by Crippen LogP contribution is -2.05. The molecule has 1 heteroatoms. The lowest BCUT2D eigenvalue weighted by atomic mass is 9.93. The summed E-state index contributed by atoms with van der Waals surface area (Å²) in [4.78, 5) is 12.6. The van der Waals surface area contributed by atoms with Crippen molar-refractivity contribution in [3.63, 3.8) is 0 Å². The summed E-state index contributed by atoms with van der Waals surface area (Å²) < 4.78 is 0. The molecule has 20 heavy (non-hydrogen) atoms. The molecule has 0 spiro atoms. The van der Waals surface area contributed by atoms with Gasteiger partial charge in [-0.25, -0.2) is 0 Å². The molecule has 0 N–H and O–H groups in total. The van der Waals surface area contributed by atoms with Crippen LogP contribution in [0.2, 0.25) is 0 Å². The van der Waals surface area contributed by atoms with Crippen molar-refractivity contribution < 1.29 is 4.79 Å². The molecule has 1 nitrogen and oxygen atoms in total. The van der Waals surface area contributed by atoms with Crippen LogP contribution in [0.25, 0.3) is 0 Å². The van der Waals surface area contributed by atoms with Gasteiger partial charge in [-0.3, -0.25) is 4.79 Å². The summed E-state index contributed by atoms with van der Waals surface area (Å²) in [6.45, 7) is 10.4. The molecule has 0 amide bonds. The summed E-state index contributed by atoms with van der Waals surface area (Å²) in [5.74, 6) is 0.600. The van der Waals surface area contributed by atoms with Crippen molar-refractivity contribution in [2.75, 3.05) is 0 Å². The van der Waals surface area contributed by atoms with E-state index in [0.717, 1.165) is 22.3 Å². The Bertz CT molecular complexity index is 634. The standard InChI is InChI=1S/C19H22O/c1-12(2)16-6-8-17(9-7-16)19(20)18-11-14(4)13(3)10-15(18)5/h6-12H,1-5H3. The Kier molecular flexibility index (Phi) is 4.08. The highest BCUT2D eigenvalue weighted by Gasteiger charge is 2.13. The predicted octanol–water partition coefficient (Wildman–Crippen LogP) is 4.97. The van der Waals surface area contributed by atoms with Crippen molar-refractivity contribution in [2.24, 2.45) is 0 Å². The summed E-state index contributed by atoms with van der Waals surface area (Å²) >= 11 is 0. The molecule has 0 aliphatic carbocycles. The quantitative estimate of drug-likeness (QED) is 0.717. The summed E-state index contributed by atoms with van der Waals surface area (Å²) in [6.07, 6.45) is 0. The smallest absolute Gasteiger partial charge is 0.193 e. The molecule has 0 heterocycles. The number of rotatable bonds is 3. The highest BCUT2D eigenvalue weighted by atomic mass is 16.1. The zero-order chi connectivity index (χ0) is 14.9. The van der Waals surface area contributed by atoms with Gasteiger partial charge in [0.05, 0.1) is 0 Å². The van der Waals surface area contributed by atoms with Gasteiger partial charge in [0.15, 0.2) is 5.78 Å². The normalized spacial score (nSPS) is 10.9. The van der Waals surface area contributed by atoms with Crippen LogP contribution in [0.4, 0.5) is 0 Å². The Morgan fingerprint density at radius 2 is 1.40 bits per heavy atom. The van der Waals surface area contributed by atoms with Gasteiger partial charge in [0.25, 0.3) is 0 Å². The van der Waals surface area contributed by atoms with Crippen molar-refractivity contribution in [1.29, 1.82) is 0 Å². The molecule has 0 atom stereocenters. The minimum atomic E-state index is 0.112. The fourth-order valence-electron chi connectivity index (χ4n) is 2.38. The molecule has 0 saturated heterocycles. The maximum absolute atomic E-state index is 12.6. The Balaban J connectivity index is 2.38. The van der Waals surface area contributed by atoms with E-state index in [1.807, 2.05) is 44.2 Å². The third-order valence-corrected chi connectivity index (χ3v) is 3.92. The minimum absolute atomic E-state index is 0.112. The molecule has 104 valence electrons. The van der Waals surface area contributed by atoms with Crippen molar-refractivity contribution in [1.82, 2.24) is 0 Å². The zero-order valence-corrected chi connectivity index (χ0v) is 12.9. The molecule has 0 bridgehead atoms. The molecular weight excluding hydrogens is 244 g/mol. The maximum atomic E-state index is 12.6. The molecular formula is C19H22O. The van der Waals surface area contributed by atoms with E-state index in [1.54, 1.807) is 0 Å². The van der Waals surface area contributed by atoms with Crippen LogP contribution in [-0.2, 0) is 0 Å². The fourth-order valence-corrected chi connectivity index (χ4v) is 2.38. The largest absolute Gasteiger partial charge is 0.289 e. The maximum Gasteiger partial charge on any atom is 0.193 e. The van der Waals surface area contributed by atoms with Gasteiger partial charge >= 0.3 is 0 Å². The molecule has 0 unspecified atom stereocenters. The first-order chi connectivity index (χ1) is 9.40. The van der Waals surface area contributed by atoms with Crippen LogP contribution in [0.1, 0.15) is 57.9 Å². The number of ketones is 1. The van der Waals surface area contributed by atoms with Crippen LogP contribution >= 0.6 is 0 Å². The summed E-state index contributed by atoms with van der Waals surface area (Å²) in [6, 6.07) is 12.1. The van der Waals surface area contributed by atoms with Crippen LogP contribution in [-0.4, -0.2) is 5.78 Å². The first kappa shape index (κ1) is 14.5. The van der Waals surface area contributed by atoms with Gasteiger partial charge in [0.1, 0.15) is 0 Å². The topological polar surface area (TPSA) is 17.1 Å². The van der Waals surface area contributed by atoms with Gasteiger partial charge in [0, 0.05) is 11.1 Å². The van der Waals surface area contributed by atoms with Gasteiger partial charge in [-0.15, -0.1) is 0 Å². The van der Waals surface area contributed by atoms with Crippen molar-refractivity contribution in [3.8, 4) is 0 Å². The van der Waals surface area contributed by atoms with E-state index in [9.17, 15) is 4.79 Å². The second-order valence-corrected chi connectivity index (χ2v) is 5.86. The fraction of sp³-hybridized carbons (Fsp3) is 0.316. The third-order valence-electron chi connectivity index (χ3n) is 3.92. The monoisotopic (exact) mass is 266 g/mol. The average molecular weight is 266 g/mol. The number of carbonyl (C=O) groups is 1. The third kappa shape index (κ3) is 2.82. The number of hydrogen-bond donors (Lipinski definition) is 0. The van der Waals surface area contributed by atoms with E-state index in [4.69, 9.17) is 0 Å². The van der Waals surface area contributed by atoms with E-state index in [1.165, 1.54) is 11.1 Å². The zero-order valence-electron chi connectivity index (χ0n) is 12.9. The number of benzene rings is 2. The molecule has 0 aliphatic rings. The van der Waals surface area contributed by atoms with Gasteiger partial charge in [-0.2, -0.15) is 0 Å². The van der Waals surface area contributed by atoms with Gasteiger partial charge in [-0.1, -0.05) is 44.2 Å². The van der Waals surface area contributed by atoms with E-state index in [-0.39, 0.29) is 5.78 Å². The van der Waals surface area contributed by atoms with Crippen molar-refractivity contribution in [2.45, 2.75) is 40.5 Å². The average Bonchev–Trinajstić information content (AvgIpc) is 2.42. The van der Waals surface area contributed by atoms with Crippen LogP contribution < -0.4 is 0 Å². The first-order valence-corrected chi connectivity index (χ1v) is 7.12. The predicted molar refractivity (Wildman–Crippen MR) is 84.6 cm³/mol. The molecule has 2 aromatic rings. The van der Waals surface area contributed by atoms with Crippen LogP contribution in [0, 0.1) is 20.8 Å². The second kappa shape index (κ2) is 5.62. The lowest BCUT2D eigenvalue weighted by molar-refractivity contribution is 0.103. The number of carbonyl (C=O) groups excluding carboxylic acids is 1. The van der Waals surface area contributed by atoms with Crippen molar-refractivity contribution in [3.05, 3.63) is 69.8 Å². The Labute approximate surface area is 121 Å².